The van der Waals surface area contributed by atoms with Gasteiger partial charge in [-0.05, 0) is 44.0 Å². The molecular weight excluding hydrogens is 436 g/mol. The molecule has 1 fully saturated rings. The van der Waals surface area contributed by atoms with Crippen LogP contribution in [-0.2, 0) is 29.1 Å². The number of esters is 2. The number of ether oxygens (including phenoxy) is 2. The Kier molecular flexibility index (Phi) is 7.26. The van der Waals surface area contributed by atoms with Crippen molar-refractivity contribution in [3.05, 3.63) is 59.7 Å². The van der Waals surface area contributed by atoms with Gasteiger partial charge in [0, 0.05) is 6.54 Å². The van der Waals surface area contributed by atoms with Crippen molar-refractivity contribution in [2.24, 2.45) is 0 Å². The van der Waals surface area contributed by atoms with Crippen LogP contribution in [0, 0.1) is 6.92 Å². The zero-order chi connectivity index (χ0) is 23.3. The number of carbonyl (C=O) groups is 3. The van der Waals surface area contributed by atoms with Gasteiger partial charge < -0.3 is 14.8 Å². The van der Waals surface area contributed by atoms with Gasteiger partial charge in [-0.1, -0.05) is 29.8 Å². The minimum atomic E-state index is -3.87. The number of hydrogen-bond acceptors (Lipinski definition) is 7. The van der Waals surface area contributed by atoms with E-state index >= 15 is 0 Å². The van der Waals surface area contributed by atoms with Crippen LogP contribution in [0.4, 0.5) is 5.69 Å². The second kappa shape index (κ2) is 9.92. The van der Waals surface area contributed by atoms with E-state index in [0.717, 1.165) is 9.87 Å². The van der Waals surface area contributed by atoms with E-state index in [0.29, 0.717) is 12.8 Å². The molecule has 1 heterocycles. The second-order valence-electron chi connectivity index (χ2n) is 7.28. The number of aryl methyl sites for hydroxylation is 1. The molecule has 3 rings (SSSR count). The van der Waals surface area contributed by atoms with Crippen LogP contribution in [0.1, 0.15) is 28.8 Å². The quantitative estimate of drug-likeness (QED) is 0.629. The van der Waals surface area contributed by atoms with E-state index in [4.69, 9.17) is 4.74 Å². The first-order chi connectivity index (χ1) is 15.2. The van der Waals surface area contributed by atoms with Crippen LogP contribution >= 0.6 is 0 Å². The molecule has 1 saturated heterocycles. The van der Waals surface area contributed by atoms with E-state index < -0.39 is 40.5 Å². The van der Waals surface area contributed by atoms with Gasteiger partial charge in [0.15, 0.2) is 6.61 Å². The highest BCUT2D eigenvalue weighted by Crippen LogP contribution is 2.27. The average Bonchev–Trinajstić information content (AvgIpc) is 3.29. The number of amides is 1. The van der Waals surface area contributed by atoms with Crippen LogP contribution in [0.2, 0.25) is 0 Å². The number of methoxy groups -OCH3 is 1. The Labute approximate surface area is 186 Å². The molecule has 0 aromatic heterocycles. The van der Waals surface area contributed by atoms with Crippen molar-refractivity contribution in [1.29, 1.82) is 0 Å². The molecule has 0 radical (unpaired) electrons. The van der Waals surface area contributed by atoms with Crippen molar-refractivity contribution >= 4 is 33.6 Å². The van der Waals surface area contributed by atoms with Gasteiger partial charge in [-0.25, -0.2) is 13.2 Å². The van der Waals surface area contributed by atoms with Crippen LogP contribution in [0.5, 0.6) is 0 Å². The largest absolute Gasteiger partial charge is 0.465 e. The van der Waals surface area contributed by atoms with Gasteiger partial charge in [-0.3, -0.25) is 9.59 Å². The van der Waals surface area contributed by atoms with Gasteiger partial charge >= 0.3 is 11.9 Å². The molecule has 0 aliphatic carbocycles. The standard InChI is InChI=1S/C22H24N2O7S/c1-15-9-11-16(12-10-15)32(28,29)24-13-5-8-19(24)22(27)31-14-20(25)23-18-7-4-3-6-17(18)21(26)30-2/h3-4,6-7,9-12,19H,5,8,13-14H2,1-2H3,(H,23,25)/t19-/m0/s1. The summed E-state index contributed by atoms with van der Waals surface area (Å²) in [6.45, 7) is 1.42. The van der Waals surface area contributed by atoms with Crippen molar-refractivity contribution in [2.45, 2.75) is 30.7 Å². The molecule has 1 amide bonds. The number of carbonyl (C=O) groups excluding carboxylic acids is 3. The second-order valence-corrected chi connectivity index (χ2v) is 9.17. The molecule has 0 saturated carbocycles. The summed E-state index contributed by atoms with van der Waals surface area (Å²) >= 11 is 0. The van der Waals surface area contributed by atoms with Gasteiger partial charge in [-0.15, -0.1) is 0 Å². The summed E-state index contributed by atoms with van der Waals surface area (Å²) in [5.41, 5.74) is 1.28. The van der Waals surface area contributed by atoms with Crippen molar-refractivity contribution in [2.75, 3.05) is 25.6 Å². The van der Waals surface area contributed by atoms with E-state index in [1.165, 1.54) is 31.4 Å². The molecule has 0 bridgehead atoms. The third kappa shape index (κ3) is 5.14. The lowest BCUT2D eigenvalue weighted by molar-refractivity contribution is -0.150. The molecule has 10 heteroatoms. The van der Waals surface area contributed by atoms with Crippen molar-refractivity contribution in [3.63, 3.8) is 0 Å². The van der Waals surface area contributed by atoms with Crippen molar-refractivity contribution < 1.29 is 32.3 Å². The molecule has 0 spiro atoms. The number of sulfonamides is 1. The number of nitrogens with one attached hydrogen (secondary N) is 1. The summed E-state index contributed by atoms with van der Waals surface area (Å²) in [5.74, 6) is -2.09. The number of nitrogens with zero attached hydrogens (tertiary/aromatic N) is 1. The number of hydrogen-bond donors (Lipinski definition) is 1. The summed E-state index contributed by atoms with van der Waals surface area (Å²) in [6, 6.07) is 11.6. The van der Waals surface area contributed by atoms with Crippen molar-refractivity contribution in [1.82, 2.24) is 4.31 Å². The number of para-hydroxylation sites is 1. The molecule has 0 unspecified atom stereocenters. The van der Waals surface area contributed by atoms with Gasteiger partial charge in [0.25, 0.3) is 5.91 Å². The summed E-state index contributed by atoms with van der Waals surface area (Å²) in [6.07, 6.45) is 0.806. The predicted octanol–water partition coefficient (Wildman–Crippen LogP) is 2.12. The minimum Gasteiger partial charge on any atom is -0.465 e. The van der Waals surface area contributed by atoms with E-state index in [1.54, 1.807) is 24.3 Å². The molecule has 170 valence electrons. The van der Waals surface area contributed by atoms with Gasteiger partial charge in [0.2, 0.25) is 10.0 Å². The maximum absolute atomic E-state index is 13.0. The van der Waals surface area contributed by atoms with E-state index in [9.17, 15) is 22.8 Å². The van der Waals surface area contributed by atoms with Crippen LogP contribution in [-0.4, -0.2) is 56.9 Å². The fourth-order valence-electron chi connectivity index (χ4n) is 3.41. The van der Waals surface area contributed by atoms with E-state index in [2.05, 4.69) is 10.1 Å². The Hall–Kier alpha value is -3.24. The number of rotatable bonds is 7. The fraction of sp³-hybridized carbons (Fsp3) is 0.318. The fourth-order valence-corrected chi connectivity index (χ4v) is 5.06. The Balaban J connectivity index is 1.64. The lowest BCUT2D eigenvalue weighted by Crippen LogP contribution is -2.42. The zero-order valence-corrected chi connectivity index (χ0v) is 18.6. The first kappa shape index (κ1) is 23.4. The highest BCUT2D eigenvalue weighted by Gasteiger charge is 2.40. The molecule has 2 aromatic rings. The normalized spacial score (nSPS) is 16.4. The maximum atomic E-state index is 13.0. The van der Waals surface area contributed by atoms with Crippen LogP contribution in [0.15, 0.2) is 53.4 Å². The Morgan fingerprint density at radius 1 is 1.09 bits per heavy atom. The molecule has 1 aliphatic rings. The number of benzene rings is 2. The summed E-state index contributed by atoms with van der Waals surface area (Å²) in [7, 11) is -2.65. The van der Waals surface area contributed by atoms with Crippen LogP contribution in [0.3, 0.4) is 0 Å². The zero-order valence-electron chi connectivity index (χ0n) is 17.7. The molecule has 32 heavy (non-hydrogen) atoms. The molecule has 1 atom stereocenters. The topological polar surface area (TPSA) is 119 Å². The van der Waals surface area contributed by atoms with E-state index in [1.807, 2.05) is 6.92 Å². The molecule has 9 nitrogen and oxygen atoms in total. The maximum Gasteiger partial charge on any atom is 0.339 e. The number of anilines is 1. The highest BCUT2D eigenvalue weighted by atomic mass is 32.2. The molecule has 1 N–H and O–H groups in total. The SMILES string of the molecule is COC(=O)c1ccccc1NC(=O)COC(=O)[C@@H]1CCCN1S(=O)(=O)c1ccc(C)cc1. The third-order valence-electron chi connectivity index (χ3n) is 5.06. The Morgan fingerprint density at radius 2 is 1.78 bits per heavy atom. The molecule has 1 aliphatic heterocycles. The Bertz CT molecular complexity index is 1110. The lowest BCUT2D eigenvalue weighted by Gasteiger charge is -2.22. The minimum absolute atomic E-state index is 0.0972. The van der Waals surface area contributed by atoms with Gasteiger partial charge in [0.1, 0.15) is 6.04 Å². The summed E-state index contributed by atoms with van der Waals surface area (Å²) in [5, 5.41) is 2.50. The monoisotopic (exact) mass is 460 g/mol. The molecule has 2 aromatic carbocycles. The van der Waals surface area contributed by atoms with Crippen molar-refractivity contribution in [3.8, 4) is 0 Å². The smallest absolute Gasteiger partial charge is 0.339 e. The first-order valence-corrected chi connectivity index (χ1v) is 11.4. The van der Waals surface area contributed by atoms with Crippen LogP contribution < -0.4 is 5.32 Å². The predicted molar refractivity (Wildman–Crippen MR) is 115 cm³/mol. The summed E-state index contributed by atoms with van der Waals surface area (Å²) in [4.78, 5) is 36.7. The molecular formula is C22H24N2O7S. The average molecular weight is 461 g/mol. The van der Waals surface area contributed by atoms with Crippen LogP contribution in [0.25, 0.3) is 0 Å². The lowest BCUT2D eigenvalue weighted by atomic mass is 10.2. The van der Waals surface area contributed by atoms with Gasteiger partial charge in [0.05, 0.1) is 23.3 Å². The highest BCUT2D eigenvalue weighted by molar-refractivity contribution is 7.89. The summed E-state index contributed by atoms with van der Waals surface area (Å²) < 4.78 is 36.8. The Morgan fingerprint density at radius 3 is 2.47 bits per heavy atom. The van der Waals surface area contributed by atoms with E-state index in [-0.39, 0.29) is 22.7 Å². The van der Waals surface area contributed by atoms with Gasteiger partial charge in [-0.2, -0.15) is 4.31 Å². The first-order valence-electron chi connectivity index (χ1n) is 9.96. The third-order valence-corrected chi connectivity index (χ3v) is 6.98.